The van der Waals surface area contributed by atoms with Gasteiger partial charge in [0.2, 0.25) is 5.91 Å². The van der Waals surface area contributed by atoms with Crippen molar-refractivity contribution in [1.29, 1.82) is 0 Å². The molecule has 0 aliphatic rings. The van der Waals surface area contributed by atoms with E-state index in [9.17, 15) is 14.0 Å². The number of hydrogen-bond acceptors (Lipinski definition) is 3. The van der Waals surface area contributed by atoms with E-state index in [-0.39, 0.29) is 37.0 Å². The van der Waals surface area contributed by atoms with Crippen LogP contribution < -0.4 is 5.32 Å². The lowest BCUT2D eigenvalue weighted by Gasteiger charge is -2.18. The van der Waals surface area contributed by atoms with Gasteiger partial charge < -0.3 is 5.32 Å². The fourth-order valence-corrected chi connectivity index (χ4v) is 1.90. The fourth-order valence-electron chi connectivity index (χ4n) is 1.90. The van der Waals surface area contributed by atoms with Crippen LogP contribution in [-0.4, -0.2) is 42.8 Å². The van der Waals surface area contributed by atoms with Gasteiger partial charge in [-0.15, -0.1) is 0 Å². The molecule has 0 spiro atoms. The molecule has 1 rings (SSSR count). The topological polar surface area (TPSA) is 49.4 Å². The van der Waals surface area contributed by atoms with Crippen molar-refractivity contribution in [3.05, 3.63) is 35.6 Å². The maximum atomic E-state index is 13.4. The first kappa shape index (κ1) is 16.3. The van der Waals surface area contributed by atoms with Gasteiger partial charge in [0.1, 0.15) is 5.82 Å². The van der Waals surface area contributed by atoms with E-state index in [1.54, 1.807) is 23.1 Å². The molecule has 0 radical (unpaired) electrons. The van der Waals surface area contributed by atoms with E-state index in [0.717, 1.165) is 0 Å². The van der Waals surface area contributed by atoms with E-state index in [4.69, 9.17) is 0 Å². The Morgan fingerprint density at radius 3 is 2.50 bits per heavy atom. The number of likely N-dealkylation sites (N-methyl/N-ethyl adjacent to an activating group) is 2. The Labute approximate surface area is 119 Å². The average Bonchev–Trinajstić information content (AvgIpc) is 2.41. The van der Waals surface area contributed by atoms with Gasteiger partial charge in [-0.2, -0.15) is 0 Å². The van der Waals surface area contributed by atoms with E-state index in [1.807, 2.05) is 13.8 Å². The molecule has 0 aromatic heterocycles. The van der Waals surface area contributed by atoms with Gasteiger partial charge in [-0.25, -0.2) is 4.39 Å². The largest absolute Gasteiger partial charge is 0.355 e. The lowest BCUT2D eigenvalue weighted by atomic mass is 10.1. The average molecular weight is 280 g/mol. The molecule has 110 valence electrons. The molecule has 20 heavy (non-hydrogen) atoms. The van der Waals surface area contributed by atoms with Crippen molar-refractivity contribution < 1.29 is 14.0 Å². The highest BCUT2D eigenvalue weighted by atomic mass is 19.1. The zero-order valence-corrected chi connectivity index (χ0v) is 12.0. The SMILES string of the molecule is CCNC(=O)CN(CC)CC(=O)Cc1ccccc1F. The second-order valence-electron chi connectivity index (χ2n) is 4.56. The number of benzene rings is 1. The van der Waals surface area contributed by atoms with E-state index in [2.05, 4.69) is 5.32 Å². The van der Waals surface area contributed by atoms with Crippen LogP contribution in [0.3, 0.4) is 0 Å². The van der Waals surface area contributed by atoms with Crippen LogP contribution in [0, 0.1) is 5.82 Å². The molecule has 0 atom stereocenters. The van der Waals surface area contributed by atoms with E-state index < -0.39 is 0 Å². The predicted octanol–water partition coefficient (Wildman–Crippen LogP) is 1.40. The minimum Gasteiger partial charge on any atom is -0.355 e. The molecule has 1 N–H and O–H groups in total. The van der Waals surface area contributed by atoms with Crippen LogP contribution >= 0.6 is 0 Å². The van der Waals surface area contributed by atoms with Crippen LogP contribution in [0.1, 0.15) is 19.4 Å². The van der Waals surface area contributed by atoms with Crippen molar-refractivity contribution in [3.8, 4) is 0 Å². The van der Waals surface area contributed by atoms with Gasteiger partial charge in [0.15, 0.2) is 5.78 Å². The number of amides is 1. The molecule has 4 nitrogen and oxygen atoms in total. The van der Waals surface area contributed by atoms with Gasteiger partial charge in [-0.3, -0.25) is 14.5 Å². The maximum Gasteiger partial charge on any atom is 0.234 e. The van der Waals surface area contributed by atoms with Crippen molar-refractivity contribution in [2.45, 2.75) is 20.3 Å². The summed E-state index contributed by atoms with van der Waals surface area (Å²) in [6, 6.07) is 6.25. The normalized spacial score (nSPS) is 10.6. The zero-order valence-electron chi connectivity index (χ0n) is 12.0. The van der Waals surface area contributed by atoms with Crippen LogP contribution in [0.2, 0.25) is 0 Å². The van der Waals surface area contributed by atoms with Crippen molar-refractivity contribution in [1.82, 2.24) is 10.2 Å². The molecule has 5 heteroatoms. The Morgan fingerprint density at radius 1 is 1.20 bits per heavy atom. The van der Waals surface area contributed by atoms with Crippen molar-refractivity contribution >= 4 is 11.7 Å². The first-order valence-corrected chi connectivity index (χ1v) is 6.81. The van der Waals surface area contributed by atoms with Gasteiger partial charge in [-0.05, 0) is 25.1 Å². The summed E-state index contributed by atoms with van der Waals surface area (Å²) in [5, 5.41) is 2.69. The molecule has 0 saturated heterocycles. The number of carbonyl (C=O) groups excluding carboxylic acids is 2. The summed E-state index contributed by atoms with van der Waals surface area (Å²) >= 11 is 0. The Morgan fingerprint density at radius 2 is 1.90 bits per heavy atom. The molecule has 0 aliphatic carbocycles. The molecule has 0 heterocycles. The molecule has 1 aromatic rings. The molecule has 0 unspecified atom stereocenters. The highest BCUT2D eigenvalue weighted by Crippen LogP contribution is 2.07. The maximum absolute atomic E-state index is 13.4. The fraction of sp³-hybridized carbons (Fsp3) is 0.467. The number of hydrogen-bond donors (Lipinski definition) is 1. The summed E-state index contributed by atoms with van der Waals surface area (Å²) in [5.74, 6) is -0.568. The molecular weight excluding hydrogens is 259 g/mol. The lowest BCUT2D eigenvalue weighted by Crippen LogP contribution is -2.40. The smallest absolute Gasteiger partial charge is 0.234 e. The molecule has 0 saturated carbocycles. The Bertz CT molecular complexity index is 463. The number of carbonyl (C=O) groups is 2. The second kappa shape index (κ2) is 8.43. The number of rotatable bonds is 8. The highest BCUT2D eigenvalue weighted by molar-refractivity contribution is 5.84. The Hall–Kier alpha value is -1.75. The summed E-state index contributed by atoms with van der Waals surface area (Å²) in [5.41, 5.74) is 0.395. The second-order valence-corrected chi connectivity index (χ2v) is 4.56. The summed E-state index contributed by atoms with van der Waals surface area (Å²) in [6.07, 6.45) is 0.0541. The molecule has 0 aliphatic heterocycles. The van der Waals surface area contributed by atoms with Crippen molar-refractivity contribution in [2.75, 3.05) is 26.2 Å². The standard InChI is InChI=1S/C15H21FN2O2/c1-3-17-15(20)11-18(4-2)10-13(19)9-12-7-5-6-8-14(12)16/h5-8H,3-4,9-11H2,1-2H3,(H,17,20). The Balaban J connectivity index is 2.51. The zero-order chi connectivity index (χ0) is 15.0. The summed E-state index contributed by atoms with van der Waals surface area (Å²) < 4.78 is 13.4. The van der Waals surface area contributed by atoms with Crippen molar-refractivity contribution in [2.24, 2.45) is 0 Å². The molecule has 1 aromatic carbocycles. The van der Waals surface area contributed by atoms with E-state index in [1.165, 1.54) is 6.07 Å². The number of nitrogens with one attached hydrogen (secondary N) is 1. The monoisotopic (exact) mass is 280 g/mol. The molecule has 0 fully saturated rings. The van der Waals surface area contributed by atoms with Gasteiger partial charge in [0.05, 0.1) is 13.1 Å². The summed E-state index contributed by atoms with van der Waals surface area (Å²) in [6.45, 7) is 5.24. The van der Waals surface area contributed by atoms with E-state index in [0.29, 0.717) is 18.7 Å². The summed E-state index contributed by atoms with van der Waals surface area (Å²) in [7, 11) is 0. The van der Waals surface area contributed by atoms with Gasteiger partial charge in [0.25, 0.3) is 0 Å². The number of ketones is 1. The minimum absolute atomic E-state index is 0.0541. The van der Waals surface area contributed by atoms with Gasteiger partial charge >= 0.3 is 0 Å². The third kappa shape index (κ3) is 5.48. The van der Waals surface area contributed by atoms with Crippen LogP contribution in [0.25, 0.3) is 0 Å². The van der Waals surface area contributed by atoms with Crippen LogP contribution in [0.4, 0.5) is 4.39 Å². The summed E-state index contributed by atoms with van der Waals surface area (Å²) in [4.78, 5) is 25.2. The first-order valence-electron chi connectivity index (χ1n) is 6.81. The van der Waals surface area contributed by atoms with Gasteiger partial charge in [-0.1, -0.05) is 25.1 Å². The first-order chi connectivity index (χ1) is 9.56. The molecular formula is C15H21FN2O2. The van der Waals surface area contributed by atoms with Crippen LogP contribution in [0.5, 0.6) is 0 Å². The van der Waals surface area contributed by atoms with Gasteiger partial charge in [0, 0.05) is 13.0 Å². The molecule has 1 amide bonds. The van der Waals surface area contributed by atoms with Crippen molar-refractivity contribution in [3.63, 3.8) is 0 Å². The third-order valence-corrected chi connectivity index (χ3v) is 2.93. The van der Waals surface area contributed by atoms with Crippen LogP contribution in [-0.2, 0) is 16.0 Å². The lowest BCUT2D eigenvalue weighted by molar-refractivity contribution is -0.123. The highest BCUT2D eigenvalue weighted by Gasteiger charge is 2.14. The van der Waals surface area contributed by atoms with E-state index >= 15 is 0 Å². The number of Topliss-reactive ketones (excluding diaryl/α,β-unsaturated/α-hetero) is 1. The predicted molar refractivity (Wildman–Crippen MR) is 75.9 cm³/mol. The number of halogens is 1. The van der Waals surface area contributed by atoms with Crippen LogP contribution in [0.15, 0.2) is 24.3 Å². The third-order valence-electron chi connectivity index (χ3n) is 2.93. The minimum atomic E-state index is -0.368. The molecule has 0 bridgehead atoms. The Kier molecular flexibility index (Phi) is 6.87. The quantitative estimate of drug-likeness (QED) is 0.783. The number of nitrogens with zero attached hydrogens (tertiary/aromatic N) is 1.